The molecule has 0 radical (unpaired) electrons. The standard InChI is InChI=1S/C16H11F4N3S.C10H6BrF3N2S.C6H7BFNO2.CH4/c17-12-5-4-9(6-13(12)21)14-8-24-15(23-14)22-11-3-1-2-10(7-11)16(18,19)20;11-8-5-17-9(16-8)15-7-3-1-2-6(4-7)10(12,13)14;8-5-2-1-4(7(10)11)3-6(5)9;/h1-8H,21H2,(H,22,23);1-5H,(H,15,16);1-3,10-11H,9H2;1H4. The highest BCUT2D eigenvalue weighted by Gasteiger charge is 2.31. The highest BCUT2D eigenvalue weighted by atomic mass is 79.9. The van der Waals surface area contributed by atoms with Gasteiger partial charge in [-0.2, -0.15) is 26.3 Å². The molecule has 0 aliphatic rings. The van der Waals surface area contributed by atoms with E-state index in [-0.39, 0.29) is 30.0 Å². The average Bonchev–Trinajstić information content (AvgIpc) is 3.72. The van der Waals surface area contributed by atoms with Gasteiger partial charge in [0.25, 0.3) is 0 Å². The van der Waals surface area contributed by atoms with Crippen LogP contribution >= 0.6 is 38.6 Å². The van der Waals surface area contributed by atoms with Crippen LogP contribution in [0, 0.1) is 11.6 Å². The van der Waals surface area contributed by atoms with Crippen molar-refractivity contribution in [1.82, 2.24) is 9.97 Å². The van der Waals surface area contributed by atoms with Gasteiger partial charge in [-0.05, 0) is 88.1 Å². The van der Waals surface area contributed by atoms with E-state index in [2.05, 4.69) is 36.5 Å². The zero-order valence-electron chi connectivity index (χ0n) is 26.0. The molecule has 0 bridgehead atoms. The predicted molar refractivity (Wildman–Crippen MR) is 199 cm³/mol. The molecule has 0 aliphatic heterocycles. The van der Waals surface area contributed by atoms with E-state index in [0.717, 1.165) is 30.3 Å². The lowest BCUT2D eigenvalue weighted by Gasteiger charge is -2.09. The van der Waals surface area contributed by atoms with Crippen molar-refractivity contribution < 1.29 is 45.2 Å². The van der Waals surface area contributed by atoms with Crippen molar-refractivity contribution in [3.63, 3.8) is 0 Å². The van der Waals surface area contributed by atoms with Gasteiger partial charge < -0.3 is 32.1 Å². The van der Waals surface area contributed by atoms with Gasteiger partial charge in [-0.15, -0.1) is 22.7 Å². The predicted octanol–water partition coefficient (Wildman–Crippen LogP) is 9.69. The number of hydrogen-bond donors (Lipinski definition) is 6. The fourth-order valence-electron chi connectivity index (χ4n) is 3.99. The summed E-state index contributed by atoms with van der Waals surface area (Å²) in [4.78, 5) is 8.33. The summed E-state index contributed by atoms with van der Waals surface area (Å²) in [6, 6.07) is 17.6. The zero-order chi connectivity index (χ0) is 38.2. The molecule has 8 N–H and O–H groups in total. The minimum atomic E-state index is -4.41. The first-order valence-electron chi connectivity index (χ1n) is 14.3. The number of thiazole rings is 2. The van der Waals surface area contributed by atoms with E-state index in [1.165, 1.54) is 71.2 Å². The number of aromatic nitrogens is 2. The number of rotatable bonds is 6. The summed E-state index contributed by atoms with van der Waals surface area (Å²) in [5.41, 5.74) is 11.2. The van der Waals surface area contributed by atoms with Crippen LogP contribution in [0.25, 0.3) is 11.3 Å². The molecule has 0 unspecified atom stereocenters. The van der Waals surface area contributed by atoms with E-state index >= 15 is 0 Å². The lowest BCUT2D eigenvalue weighted by Crippen LogP contribution is -2.30. The maximum absolute atomic E-state index is 13.2. The Kier molecular flexibility index (Phi) is 14.8. The average molecular weight is 847 g/mol. The molecule has 280 valence electrons. The summed E-state index contributed by atoms with van der Waals surface area (Å²) in [5, 5.41) is 27.3. The van der Waals surface area contributed by atoms with E-state index in [4.69, 9.17) is 21.5 Å². The van der Waals surface area contributed by atoms with Crippen molar-refractivity contribution >= 4 is 84.2 Å². The Morgan fingerprint density at radius 2 is 1.15 bits per heavy atom. The fourth-order valence-corrected chi connectivity index (χ4v) is 5.90. The number of hydrogen-bond acceptors (Lipinski definition) is 10. The van der Waals surface area contributed by atoms with Gasteiger partial charge in [0.2, 0.25) is 0 Å². The summed E-state index contributed by atoms with van der Waals surface area (Å²) >= 11 is 5.70. The monoisotopic (exact) mass is 846 g/mol. The molecule has 2 heterocycles. The molecule has 4 aromatic carbocycles. The molecule has 2 aromatic heterocycles. The van der Waals surface area contributed by atoms with E-state index < -0.39 is 42.2 Å². The molecule has 0 amide bonds. The van der Waals surface area contributed by atoms with Gasteiger partial charge >= 0.3 is 19.5 Å². The van der Waals surface area contributed by atoms with E-state index in [1.54, 1.807) is 16.8 Å². The van der Waals surface area contributed by atoms with Gasteiger partial charge in [0, 0.05) is 27.7 Å². The first-order valence-corrected chi connectivity index (χ1v) is 16.9. The van der Waals surface area contributed by atoms with Crippen molar-refractivity contribution in [2.75, 3.05) is 22.1 Å². The van der Waals surface area contributed by atoms with Gasteiger partial charge in [-0.3, -0.25) is 0 Å². The summed E-state index contributed by atoms with van der Waals surface area (Å²) in [6.45, 7) is 0. The van der Waals surface area contributed by atoms with Crippen LogP contribution in [-0.2, 0) is 12.4 Å². The smallest absolute Gasteiger partial charge is 0.423 e. The topological polar surface area (TPSA) is 142 Å². The molecule has 6 aromatic rings. The van der Waals surface area contributed by atoms with Crippen molar-refractivity contribution in [1.29, 1.82) is 0 Å². The SMILES string of the molecule is C.FC(F)(F)c1cccc(Nc2nc(Br)cs2)c1.Nc1cc(-c2csc(Nc3cccc(C(F)(F)F)c3)n2)ccc1F.Nc1cc(B(O)O)ccc1F. The second-order valence-electron chi connectivity index (χ2n) is 10.3. The van der Waals surface area contributed by atoms with Gasteiger partial charge in [0.1, 0.15) is 16.2 Å². The first-order chi connectivity index (χ1) is 24.4. The summed E-state index contributed by atoms with van der Waals surface area (Å²) < 4.78 is 102. The number of nitrogens with one attached hydrogen (secondary N) is 2. The van der Waals surface area contributed by atoms with Crippen LogP contribution in [0.3, 0.4) is 0 Å². The Balaban J connectivity index is 0.000000228. The molecule has 0 saturated heterocycles. The number of anilines is 6. The van der Waals surface area contributed by atoms with Gasteiger partial charge in [-0.1, -0.05) is 25.6 Å². The zero-order valence-corrected chi connectivity index (χ0v) is 29.2. The molecular weight excluding hydrogens is 819 g/mol. The molecule has 0 saturated carbocycles. The minimum absolute atomic E-state index is 0. The number of halogens is 9. The van der Waals surface area contributed by atoms with Gasteiger partial charge in [0.05, 0.1) is 28.2 Å². The van der Waals surface area contributed by atoms with Crippen molar-refractivity contribution in [3.05, 3.63) is 123 Å². The second kappa shape index (κ2) is 18.3. The van der Waals surface area contributed by atoms with E-state index in [1.807, 2.05) is 0 Å². The molecule has 0 spiro atoms. The third-order valence-corrected chi connectivity index (χ3v) is 8.70. The summed E-state index contributed by atoms with van der Waals surface area (Å²) in [6.07, 6.45) is -8.74. The highest BCUT2D eigenvalue weighted by molar-refractivity contribution is 9.10. The lowest BCUT2D eigenvalue weighted by atomic mass is 9.80. The second-order valence-corrected chi connectivity index (χ2v) is 12.8. The molecular formula is C33H28BBrF8N6O2S2. The number of nitrogens with zero attached hydrogens (tertiary/aromatic N) is 2. The van der Waals surface area contributed by atoms with Crippen LogP contribution in [0.2, 0.25) is 0 Å². The van der Waals surface area contributed by atoms with Crippen LogP contribution in [0.5, 0.6) is 0 Å². The molecule has 0 atom stereocenters. The molecule has 53 heavy (non-hydrogen) atoms. The van der Waals surface area contributed by atoms with Crippen molar-refractivity contribution in [2.45, 2.75) is 19.8 Å². The molecule has 8 nitrogen and oxygen atoms in total. The lowest BCUT2D eigenvalue weighted by molar-refractivity contribution is -0.138. The fraction of sp³-hybridized carbons (Fsp3) is 0.0909. The van der Waals surface area contributed by atoms with Gasteiger partial charge in [-0.25, -0.2) is 18.7 Å². The number of alkyl halides is 6. The van der Waals surface area contributed by atoms with Crippen molar-refractivity contribution in [3.8, 4) is 11.3 Å². The largest absolute Gasteiger partial charge is 0.488 e. The number of nitrogen functional groups attached to an aromatic ring is 2. The third kappa shape index (κ3) is 12.7. The van der Waals surface area contributed by atoms with Crippen LogP contribution < -0.4 is 27.6 Å². The Morgan fingerprint density at radius 1 is 0.660 bits per heavy atom. The Bertz CT molecular complexity index is 2110. The summed E-state index contributed by atoms with van der Waals surface area (Å²) in [5.74, 6) is -1.08. The normalized spacial score (nSPS) is 10.9. The Hall–Kier alpha value is -4.76. The maximum atomic E-state index is 13.2. The highest BCUT2D eigenvalue weighted by Crippen LogP contribution is 2.34. The quantitative estimate of drug-likeness (QED) is 0.0553. The van der Waals surface area contributed by atoms with Gasteiger partial charge in [0.15, 0.2) is 10.3 Å². The number of nitrogens with two attached hydrogens (primary N) is 2. The first kappa shape index (κ1) is 42.7. The van der Waals surface area contributed by atoms with Crippen LogP contribution in [0.1, 0.15) is 18.6 Å². The van der Waals surface area contributed by atoms with Crippen molar-refractivity contribution in [2.24, 2.45) is 0 Å². The van der Waals surface area contributed by atoms with Crippen LogP contribution in [-0.4, -0.2) is 27.1 Å². The number of benzene rings is 4. The molecule has 0 fully saturated rings. The van der Waals surface area contributed by atoms with Crippen LogP contribution in [0.15, 0.2) is 100 Å². The van der Waals surface area contributed by atoms with E-state index in [0.29, 0.717) is 31.8 Å². The van der Waals surface area contributed by atoms with Crippen LogP contribution in [0.4, 0.5) is 68.1 Å². The Labute approximate surface area is 314 Å². The molecule has 6 rings (SSSR count). The Morgan fingerprint density at radius 3 is 1.60 bits per heavy atom. The molecule has 0 aliphatic carbocycles. The maximum Gasteiger partial charge on any atom is 0.488 e. The molecule has 20 heteroatoms. The third-order valence-electron chi connectivity index (χ3n) is 6.47. The van der Waals surface area contributed by atoms with E-state index in [9.17, 15) is 35.1 Å². The summed E-state index contributed by atoms with van der Waals surface area (Å²) in [7, 11) is -1.60. The minimum Gasteiger partial charge on any atom is -0.423 e.